The molecule has 6 heteroatoms. The molecule has 5 rings (SSSR count). The molecule has 2 aliphatic heterocycles. The van der Waals surface area contributed by atoms with Crippen LogP contribution in [0.4, 0.5) is 10.5 Å². The van der Waals surface area contributed by atoms with Crippen molar-refractivity contribution >= 4 is 23.5 Å². The van der Waals surface area contributed by atoms with Gasteiger partial charge in [-0.3, -0.25) is 9.59 Å². The number of Topliss-reactive ketones (excluding diaryl/α,β-unsaturated/α-hetero) is 1. The molecule has 0 radical (unpaired) electrons. The van der Waals surface area contributed by atoms with Crippen molar-refractivity contribution in [2.75, 3.05) is 18.0 Å². The van der Waals surface area contributed by atoms with Crippen LogP contribution in [-0.4, -0.2) is 46.9 Å². The molecule has 2 heterocycles. The molecule has 6 nitrogen and oxygen atoms in total. The zero-order valence-corrected chi connectivity index (χ0v) is 19.1. The Morgan fingerprint density at radius 1 is 1.06 bits per heavy atom. The van der Waals surface area contributed by atoms with Crippen LogP contribution in [0.15, 0.2) is 35.4 Å². The highest BCUT2D eigenvalue weighted by Crippen LogP contribution is 2.38. The number of ketones is 1. The predicted octanol–water partition coefficient (Wildman–Crippen LogP) is 4.59. The number of nitrogens with zero attached hydrogens (tertiary/aromatic N) is 2. The molecule has 0 saturated carbocycles. The second kappa shape index (κ2) is 9.16. The van der Waals surface area contributed by atoms with Gasteiger partial charge in [-0.25, -0.2) is 4.79 Å². The number of amides is 2. The molecule has 1 N–H and O–H groups in total. The number of carboxylic acid groups (broad SMARTS) is 1. The number of unbranched alkanes of at least 4 members (excludes halogenated alkanes) is 2. The molecule has 1 aromatic rings. The molecule has 1 atom stereocenters. The van der Waals surface area contributed by atoms with Crippen LogP contribution in [0.3, 0.4) is 0 Å². The molecule has 0 spiro atoms. The van der Waals surface area contributed by atoms with Crippen molar-refractivity contribution in [3.05, 3.63) is 52.1 Å². The Morgan fingerprint density at radius 2 is 1.88 bits per heavy atom. The molecule has 1 unspecified atom stereocenters. The first-order chi connectivity index (χ1) is 16.0. The number of anilines is 1. The van der Waals surface area contributed by atoms with Gasteiger partial charge in [0.05, 0.1) is 11.7 Å². The van der Waals surface area contributed by atoms with Crippen molar-refractivity contribution in [2.24, 2.45) is 0 Å². The van der Waals surface area contributed by atoms with Crippen molar-refractivity contribution in [1.82, 2.24) is 4.90 Å². The summed E-state index contributed by atoms with van der Waals surface area (Å²) in [7, 11) is 0. The van der Waals surface area contributed by atoms with Gasteiger partial charge in [0.2, 0.25) is 5.91 Å². The highest BCUT2D eigenvalue weighted by Gasteiger charge is 2.33. The maximum Gasteiger partial charge on any atom is 0.407 e. The largest absolute Gasteiger partial charge is 0.465 e. The first kappa shape index (κ1) is 21.9. The quantitative estimate of drug-likeness (QED) is 0.619. The first-order valence-electron chi connectivity index (χ1n) is 12.4. The maximum absolute atomic E-state index is 12.3. The van der Waals surface area contributed by atoms with E-state index in [1.807, 2.05) is 17.1 Å². The number of carbonyl (C=O) groups is 3. The van der Waals surface area contributed by atoms with E-state index in [4.69, 9.17) is 0 Å². The van der Waals surface area contributed by atoms with Crippen molar-refractivity contribution < 1.29 is 19.5 Å². The van der Waals surface area contributed by atoms with Gasteiger partial charge in [0.25, 0.3) is 0 Å². The van der Waals surface area contributed by atoms with Gasteiger partial charge in [-0.05, 0) is 73.6 Å². The molecule has 0 saturated heterocycles. The van der Waals surface area contributed by atoms with Gasteiger partial charge in [-0.1, -0.05) is 30.7 Å². The van der Waals surface area contributed by atoms with Gasteiger partial charge in [0.1, 0.15) is 0 Å². The van der Waals surface area contributed by atoms with Crippen molar-refractivity contribution in [2.45, 2.75) is 76.7 Å². The summed E-state index contributed by atoms with van der Waals surface area (Å²) < 4.78 is 0. The lowest BCUT2D eigenvalue weighted by molar-refractivity contribution is -0.118. The van der Waals surface area contributed by atoms with Gasteiger partial charge in [-0.15, -0.1) is 0 Å². The molecule has 0 aromatic heterocycles. The summed E-state index contributed by atoms with van der Waals surface area (Å²) in [5, 5.41) is 9.88. The number of rotatable bonds is 7. The third-order valence-corrected chi connectivity index (χ3v) is 7.65. The average molecular weight is 449 g/mol. The monoisotopic (exact) mass is 448 g/mol. The predicted molar refractivity (Wildman–Crippen MR) is 127 cm³/mol. The number of benzene rings is 1. The van der Waals surface area contributed by atoms with E-state index in [2.05, 4.69) is 12.1 Å². The van der Waals surface area contributed by atoms with Crippen LogP contribution in [-0.2, 0) is 28.9 Å². The van der Waals surface area contributed by atoms with Gasteiger partial charge < -0.3 is 14.9 Å². The third-order valence-electron chi connectivity index (χ3n) is 7.65. The molecule has 2 aliphatic carbocycles. The number of allylic oxidation sites excluding steroid dienone is 2. The molecule has 1 aromatic carbocycles. The highest BCUT2D eigenvalue weighted by atomic mass is 16.4. The van der Waals surface area contributed by atoms with E-state index in [1.54, 1.807) is 4.90 Å². The molecule has 4 aliphatic rings. The SMILES string of the molecule is O=C1CC=CC2=C1CCCC2N(CCCCCc1cc2c3c(c1)CCN3C(=O)CC2)C(=O)O. The molecule has 0 fully saturated rings. The second-order valence-corrected chi connectivity index (χ2v) is 9.72. The van der Waals surface area contributed by atoms with Crippen molar-refractivity contribution in [3.63, 3.8) is 0 Å². The van der Waals surface area contributed by atoms with E-state index in [-0.39, 0.29) is 17.7 Å². The lowest BCUT2D eigenvalue weighted by Crippen LogP contribution is -2.43. The summed E-state index contributed by atoms with van der Waals surface area (Å²) in [6, 6.07) is 4.35. The van der Waals surface area contributed by atoms with Crippen LogP contribution in [0.1, 0.15) is 68.1 Å². The fourth-order valence-corrected chi connectivity index (χ4v) is 6.07. The van der Waals surface area contributed by atoms with Crippen LogP contribution < -0.4 is 4.90 Å². The van der Waals surface area contributed by atoms with Crippen LogP contribution in [0.2, 0.25) is 0 Å². The van der Waals surface area contributed by atoms with Crippen molar-refractivity contribution in [1.29, 1.82) is 0 Å². The maximum atomic E-state index is 12.3. The van der Waals surface area contributed by atoms with E-state index in [0.29, 0.717) is 19.4 Å². The second-order valence-electron chi connectivity index (χ2n) is 9.72. The smallest absolute Gasteiger partial charge is 0.407 e. The highest BCUT2D eigenvalue weighted by molar-refractivity contribution is 5.99. The molecular formula is C27H32N2O4. The Bertz CT molecular complexity index is 1050. The number of carbonyl (C=O) groups excluding carboxylic acids is 2. The number of aryl methyl sites for hydroxylation is 2. The van der Waals surface area contributed by atoms with Crippen LogP contribution >= 0.6 is 0 Å². The van der Waals surface area contributed by atoms with E-state index < -0.39 is 6.09 Å². The van der Waals surface area contributed by atoms with E-state index >= 15 is 0 Å². The van der Waals surface area contributed by atoms with Gasteiger partial charge in [-0.2, -0.15) is 0 Å². The van der Waals surface area contributed by atoms with Gasteiger partial charge in [0.15, 0.2) is 5.78 Å². The van der Waals surface area contributed by atoms with Crippen LogP contribution in [0.25, 0.3) is 0 Å². The molecule has 174 valence electrons. The Morgan fingerprint density at radius 3 is 2.70 bits per heavy atom. The van der Waals surface area contributed by atoms with Gasteiger partial charge >= 0.3 is 6.09 Å². The minimum absolute atomic E-state index is 0.156. The Kier molecular flexibility index (Phi) is 6.09. The minimum Gasteiger partial charge on any atom is -0.465 e. The number of hydrogen-bond acceptors (Lipinski definition) is 3. The summed E-state index contributed by atoms with van der Waals surface area (Å²) >= 11 is 0. The van der Waals surface area contributed by atoms with E-state index in [1.165, 1.54) is 22.4 Å². The third kappa shape index (κ3) is 4.23. The zero-order valence-electron chi connectivity index (χ0n) is 19.1. The van der Waals surface area contributed by atoms with Gasteiger partial charge in [0, 0.05) is 31.5 Å². The Labute approximate surface area is 194 Å². The topological polar surface area (TPSA) is 77.9 Å². The fourth-order valence-electron chi connectivity index (χ4n) is 6.07. The lowest BCUT2D eigenvalue weighted by atomic mass is 9.81. The zero-order chi connectivity index (χ0) is 22.9. The molecule has 2 amide bonds. The standard InChI is InChI=1S/C27H32N2O4/c30-24-10-5-7-21-22(24)8-4-9-23(21)28(27(32)33)14-3-1-2-6-18-16-19-11-12-25(31)29-15-13-20(17-18)26(19)29/h5,7,16-17,23H,1-4,6,8-15H2,(H,32,33). The minimum atomic E-state index is -0.892. The summed E-state index contributed by atoms with van der Waals surface area (Å²) in [5.41, 5.74) is 6.91. The summed E-state index contributed by atoms with van der Waals surface area (Å²) in [6.07, 6.45) is 12.0. The molecule has 33 heavy (non-hydrogen) atoms. The number of hydrogen-bond donors (Lipinski definition) is 1. The summed E-state index contributed by atoms with van der Waals surface area (Å²) in [5.74, 6) is 0.411. The van der Waals surface area contributed by atoms with Crippen LogP contribution in [0.5, 0.6) is 0 Å². The lowest BCUT2D eigenvalue weighted by Gasteiger charge is -2.35. The fraction of sp³-hybridized carbons (Fsp3) is 0.519. The molecular weight excluding hydrogens is 416 g/mol. The Hall–Kier alpha value is -2.89. The van der Waals surface area contributed by atoms with E-state index in [0.717, 1.165) is 75.5 Å². The Balaban J connectivity index is 1.17. The molecule has 0 bridgehead atoms. The normalized spacial score (nSPS) is 21.3. The first-order valence-corrected chi connectivity index (χ1v) is 12.4. The van der Waals surface area contributed by atoms with Crippen LogP contribution in [0, 0.1) is 0 Å². The summed E-state index contributed by atoms with van der Waals surface area (Å²) in [6.45, 7) is 1.32. The van der Waals surface area contributed by atoms with E-state index in [9.17, 15) is 19.5 Å². The van der Waals surface area contributed by atoms with Crippen molar-refractivity contribution in [3.8, 4) is 0 Å². The summed E-state index contributed by atoms with van der Waals surface area (Å²) in [4.78, 5) is 39.9. The average Bonchev–Trinajstić information content (AvgIpc) is 3.24.